The molecule has 0 aliphatic carbocycles. The zero-order chi connectivity index (χ0) is 21.1. The minimum atomic E-state index is -0.498. The molecule has 4 aromatic rings. The van der Waals surface area contributed by atoms with Gasteiger partial charge in [0.05, 0.1) is 4.92 Å². The Kier molecular flexibility index (Phi) is 5.13. The molecular weight excluding hydrogens is 386 g/mol. The van der Waals surface area contributed by atoms with Crippen molar-refractivity contribution in [1.82, 2.24) is 4.98 Å². The first kappa shape index (κ1) is 19.1. The number of nitro groups is 1. The number of hydrogen-bond acceptors (Lipinski definition) is 6. The zero-order valence-electron chi connectivity index (χ0n) is 16.0. The molecule has 0 radical (unpaired) electrons. The number of benzene rings is 3. The smallest absolute Gasteiger partial charge is 0.269 e. The van der Waals surface area contributed by atoms with Crippen LogP contribution in [0.15, 0.2) is 71.1 Å². The van der Waals surface area contributed by atoms with E-state index in [9.17, 15) is 14.9 Å². The van der Waals surface area contributed by atoms with E-state index in [1.165, 1.54) is 24.3 Å². The molecule has 0 unspecified atom stereocenters. The van der Waals surface area contributed by atoms with Gasteiger partial charge in [-0.3, -0.25) is 14.9 Å². The van der Waals surface area contributed by atoms with E-state index >= 15 is 0 Å². The second-order valence-corrected chi connectivity index (χ2v) is 6.66. The number of nitro benzene ring substituents is 1. The summed E-state index contributed by atoms with van der Waals surface area (Å²) in [6.45, 7) is 1.77. The van der Waals surface area contributed by atoms with Crippen LogP contribution in [0.2, 0.25) is 0 Å². The van der Waals surface area contributed by atoms with E-state index in [2.05, 4.69) is 10.3 Å². The van der Waals surface area contributed by atoms with E-state index in [0.29, 0.717) is 17.3 Å². The predicted octanol–water partition coefficient (Wildman–Crippen LogP) is 4.73. The third-order valence-corrected chi connectivity index (χ3v) is 4.38. The highest BCUT2D eigenvalue weighted by Gasteiger charge is 2.10. The molecule has 8 heteroatoms. The number of rotatable bonds is 6. The Morgan fingerprint density at radius 2 is 1.83 bits per heavy atom. The number of carbonyl (C=O) groups excluding carboxylic acids is 1. The van der Waals surface area contributed by atoms with Crippen LogP contribution in [0.5, 0.6) is 5.75 Å². The van der Waals surface area contributed by atoms with Crippen molar-refractivity contribution in [2.75, 3.05) is 11.9 Å². The summed E-state index contributed by atoms with van der Waals surface area (Å²) >= 11 is 0. The van der Waals surface area contributed by atoms with Gasteiger partial charge in [-0.2, -0.15) is 0 Å². The normalized spacial score (nSPS) is 10.7. The molecule has 0 aliphatic rings. The van der Waals surface area contributed by atoms with Crippen molar-refractivity contribution >= 4 is 28.4 Å². The van der Waals surface area contributed by atoms with Crippen LogP contribution in [0.4, 0.5) is 11.4 Å². The monoisotopic (exact) mass is 403 g/mol. The summed E-state index contributed by atoms with van der Waals surface area (Å²) < 4.78 is 11.2. The van der Waals surface area contributed by atoms with Crippen LogP contribution < -0.4 is 10.1 Å². The number of hydrogen-bond donors (Lipinski definition) is 1. The quantitative estimate of drug-likeness (QED) is 0.368. The number of oxazole rings is 1. The fraction of sp³-hybridized carbons (Fsp3) is 0.0909. The van der Waals surface area contributed by atoms with Gasteiger partial charge in [0, 0.05) is 23.4 Å². The number of non-ortho nitro benzene ring substituents is 1. The summed E-state index contributed by atoms with van der Waals surface area (Å²) in [5, 5.41) is 13.4. The van der Waals surface area contributed by atoms with Gasteiger partial charge in [0.2, 0.25) is 5.89 Å². The summed E-state index contributed by atoms with van der Waals surface area (Å²) in [7, 11) is 0. The number of amides is 1. The van der Waals surface area contributed by atoms with Crippen LogP contribution >= 0.6 is 0 Å². The van der Waals surface area contributed by atoms with Gasteiger partial charge in [-0.1, -0.05) is 6.07 Å². The largest absolute Gasteiger partial charge is 0.484 e. The summed E-state index contributed by atoms with van der Waals surface area (Å²) in [6, 6.07) is 18.5. The third kappa shape index (κ3) is 4.27. The second-order valence-electron chi connectivity index (χ2n) is 6.66. The lowest BCUT2D eigenvalue weighted by Crippen LogP contribution is -2.20. The van der Waals surface area contributed by atoms with Crippen LogP contribution in [-0.4, -0.2) is 22.4 Å². The molecule has 4 rings (SSSR count). The first-order chi connectivity index (χ1) is 14.5. The van der Waals surface area contributed by atoms with Crippen LogP contribution in [0.1, 0.15) is 5.56 Å². The Balaban J connectivity index is 1.36. The number of nitrogens with zero attached hydrogens (tertiary/aromatic N) is 2. The van der Waals surface area contributed by atoms with Crippen LogP contribution in [0, 0.1) is 17.0 Å². The lowest BCUT2D eigenvalue weighted by molar-refractivity contribution is -0.384. The lowest BCUT2D eigenvalue weighted by atomic mass is 10.2. The number of aryl methyl sites for hydroxylation is 1. The molecule has 1 amide bonds. The van der Waals surface area contributed by atoms with Crippen molar-refractivity contribution in [2.24, 2.45) is 0 Å². The van der Waals surface area contributed by atoms with Crippen LogP contribution in [0.3, 0.4) is 0 Å². The van der Waals surface area contributed by atoms with Gasteiger partial charge < -0.3 is 14.5 Å². The fourth-order valence-electron chi connectivity index (χ4n) is 2.86. The van der Waals surface area contributed by atoms with Crippen molar-refractivity contribution in [2.45, 2.75) is 6.92 Å². The Bertz CT molecular complexity index is 1210. The van der Waals surface area contributed by atoms with E-state index < -0.39 is 4.92 Å². The third-order valence-electron chi connectivity index (χ3n) is 4.38. The first-order valence-electron chi connectivity index (χ1n) is 9.13. The highest BCUT2D eigenvalue weighted by Crippen LogP contribution is 2.26. The number of ether oxygens (including phenoxy) is 1. The standard InChI is InChI=1S/C22H17N3O5/c1-14-2-11-19-20(12-14)30-22(24-19)15-3-5-16(6-4-15)23-21(26)13-29-18-9-7-17(8-10-18)25(27)28/h2-12H,13H2,1H3,(H,23,26). The summed E-state index contributed by atoms with van der Waals surface area (Å²) in [5.41, 5.74) is 3.97. The van der Waals surface area contributed by atoms with Crippen molar-refractivity contribution < 1.29 is 18.9 Å². The molecule has 1 aromatic heterocycles. The van der Waals surface area contributed by atoms with Gasteiger partial charge in [0.1, 0.15) is 11.3 Å². The average molecular weight is 403 g/mol. The molecule has 30 heavy (non-hydrogen) atoms. The molecule has 0 spiro atoms. The number of aromatic nitrogens is 1. The van der Waals surface area contributed by atoms with Gasteiger partial charge in [-0.15, -0.1) is 0 Å². The Hall–Kier alpha value is -4.20. The van der Waals surface area contributed by atoms with E-state index in [1.54, 1.807) is 12.1 Å². The van der Waals surface area contributed by atoms with Crippen molar-refractivity contribution in [1.29, 1.82) is 0 Å². The Morgan fingerprint density at radius 3 is 2.53 bits per heavy atom. The van der Waals surface area contributed by atoms with E-state index in [4.69, 9.17) is 9.15 Å². The predicted molar refractivity (Wildman–Crippen MR) is 111 cm³/mol. The molecule has 1 heterocycles. The number of carbonyl (C=O) groups is 1. The molecule has 0 saturated heterocycles. The molecule has 0 fully saturated rings. The van der Waals surface area contributed by atoms with Gasteiger partial charge in [-0.25, -0.2) is 4.98 Å². The number of anilines is 1. The van der Waals surface area contributed by atoms with Crippen LogP contribution in [-0.2, 0) is 4.79 Å². The molecule has 3 aromatic carbocycles. The summed E-state index contributed by atoms with van der Waals surface area (Å²) in [4.78, 5) is 26.7. The van der Waals surface area contributed by atoms with Gasteiger partial charge in [0.25, 0.3) is 11.6 Å². The van der Waals surface area contributed by atoms with Crippen molar-refractivity contribution in [3.8, 4) is 17.2 Å². The molecule has 0 atom stereocenters. The lowest BCUT2D eigenvalue weighted by Gasteiger charge is -2.07. The highest BCUT2D eigenvalue weighted by atomic mass is 16.6. The van der Waals surface area contributed by atoms with Crippen LogP contribution in [0.25, 0.3) is 22.6 Å². The summed E-state index contributed by atoms with van der Waals surface area (Å²) in [5.74, 6) is 0.533. The zero-order valence-corrected chi connectivity index (χ0v) is 16.0. The Morgan fingerprint density at radius 1 is 1.10 bits per heavy atom. The Labute approximate surface area is 171 Å². The maximum absolute atomic E-state index is 12.1. The molecule has 0 saturated carbocycles. The molecule has 1 N–H and O–H groups in total. The maximum Gasteiger partial charge on any atom is 0.269 e. The van der Waals surface area contributed by atoms with E-state index in [-0.39, 0.29) is 18.2 Å². The van der Waals surface area contributed by atoms with E-state index in [0.717, 1.165) is 22.2 Å². The SMILES string of the molecule is Cc1ccc2nc(-c3ccc(NC(=O)COc4ccc([N+](=O)[O-])cc4)cc3)oc2c1. The molecule has 0 aliphatic heterocycles. The van der Waals surface area contributed by atoms with Gasteiger partial charge in [-0.05, 0) is 61.0 Å². The minimum absolute atomic E-state index is 0.0408. The molecule has 8 nitrogen and oxygen atoms in total. The molecule has 0 bridgehead atoms. The number of nitrogens with one attached hydrogen (secondary N) is 1. The highest BCUT2D eigenvalue weighted by molar-refractivity contribution is 5.92. The van der Waals surface area contributed by atoms with Crippen molar-refractivity contribution in [3.05, 3.63) is 82.4 Å². The maximum atomic E-state index is 12.1. The van der Waals surface area contributed by atoms with Gasteiger partial charge >= 0.3 is 0 Å². The number of fused-ring (bicyclic) bond motifs is 1. The molecule has 150 valence electrons. The first-order valence-corrected chi connectivity index (χ1v) is 9.13. The molecular formula is C22H17N3O5. The van der Waals surface area contributed by atoms with Crippen molar-refractivity contribution in [3.63, 3.8) is 0 Å². The second kappa shape index (κ2) is 8.04. The summed E-state index contributed by atoms with van der Waals surface area (Å²) in [6.07, 6.45) is 0. The van der Waals surface area contributed by atoms with Gasteiger partial charge in [0.15, 0.2) is 12.2 Å². The van der Waals surface area contributed by atoms with E-state index in [1.807, 2.05) is 37.3 Å². The average Bonchev–Trinajstić information content (AvgIpc) is 3.16. The fourth-order valence-corrected chi connectivity index (χ4v) is 2.86. The minimum Gasteiger partial charge on any atom is -0.484 e. The topological polar surface area (TPSA) is 108 Å².